The Labute approximate surface area is 86.8 Å². The predicted octanol–water partition coefficient (Wildman–Crippen LogP) is 2.65. The van der Waals surface area contributed by atoms with E-state index in [2.05, 4.69) is 25.7 Å². The van der Waals surface area contributed by atoms with Crippen LogP contribution in [0.5, 0.6) is 0 Å². The molecule has 0 bridgehead atoms. The number of nitrogens with one attached hydrogen (secondary N) is 1. The van der Waals surface area contributed by atoms with Crippen LogP contribution in [0.4, 0.5) is 0 Å². The lowest BCUT2D eigenvalue weighted by atomic mass is 9.88. The van der Waals surface area contributed by atoms with Crippen LogP contribution in [-0.2, 0) is 4.79 Å². The predicted molar refractivity (Wildman–Crippen MR) is 59.0 cm³/mol. The Balaban J connectivity index is 2.40. The lowest BCUT2D eigenvalue weighted by Crippen LogP contribution is -2.18. The van der Waals surface area contributed by atoms with Gasteiger partial charge in [0.2, 0.25) is 0 Å². The lowest BCUT2D eigenvalue weighted by Gasteiger charge is -2.16. The fourth-order valence-corrected chi connectivity index (χ4v) is 1.94. The molecule has 0 aliphatic carbocycles. The Hall–Kier alpha value is -0.790. The molecule has 0 saturated carbocycles. The molecule has 1 aliphatic rings. The Morgan fingerprint density at radius 1 is 1.57 bits per heavy atom. The molecule has 1 amide bonds. The summed E-state index contributed by atoms with van der Waals surface area (Å²) in [5.74, 6) is 0.814. The third kappa shape index (κ3) is 2.37. The number of hydrogen-bond donors (Lipinski definition) is 1. The molecule has 0 radical (unpaired) electrons. The van der Waals surface area contributed by atoms with Gasteiger partial charge in [-0.3, -0.25) is 4.79 Å². The largest absolute Gasteiger partial charge is 0.336 e. The summed E-state index contributed by atoms with van der Waals surface area (Å²) < 4.78 is 0. The minimum Gasteiger partial charge on any atom is -0.336 e. The molecular formula is C12H21NO. The molecule has 1 saturated heterocycles. The van der Waals surface area contributed by atoms with Crippen LogP contribution in [0.3, 0.4) is 0 Å². The summed E-state index contributed by atoms with van der Waals surface area (Å²) in [6.07, 6.45) is 7.59. The minimum atomic E-state index is -0.353. The first-order valence-corrected chi connectivity index (χ1v) is 5.64. The number of carbonyl (C=O) groups excluding carboxylic acids is 1. The summed E-state index contributed by atoms with van der Waals surface area (Å²) >= 11 is 0. The van der Waals surface area contributed by atoms with Gasteiger partial charge >= 0.3 is 0 Å². The van der Waals surface area contributed by atoms with Crippen molar-refractivity contribution < 1.29 is 4.79 Å². The molecule has 1 rings (SSSR count). The normalized spacial score (nSPS) is 26.9. The van der Waals surface area contributed by atoms with Crippen molar-refractivity contribution in [3.05, 3.63) is 12.7 Å². The van der Waals surface area contributed by atoms with E-state index in [0.29, 0.717) is 5.92 Å². The van der Waals surface area contributed by atoms with Gasteiger partial charge in [-0.1, -0.05) is 45.6 Å². The lowest BCUT2D eigenvalue weighted by molar-refractivity contribution is -0.111. The highest BCUT2D eigenvalue weighted by Gasteiger charge is 2.51. The van der Waals surface area contributed by atoms with Crippen LogP contribution < -0.4 is 5.32 Å². The van der Waals surface area contributed by atoms with Gasteiger partial charge in [-0.15, -0.1) is 6.58 Å². The van der Waals surface area contributed by atoms with Gasteiger partial charge in [-0.2, -0.15) is 0 Å². The highest BCUT2D eigenvalue weighted by Crippen LogP contribution is 2.32. The van der Waals surface area contributed by atoms with E-state index in [1.165, 1.54) is 19.3 Å². The molecule has 2 atom stereocenters. The van der Waals surface area contributed by atoms with Gasteiger partial charge in [0, 0.05) is 0 Å². The molecule has 14 heavy (non-hydrogen) atoms. The summed E-state index contributed by atoms with van der Waals surface area (Å²) in [5, 5.41) is 2.88. The first-order chi connectivity index (χ1) is 6.68. The molecule has 80 valence electrons. The van der Waals surface area contributed by atoms with Crippen LogP contribution in [-0.4, -0.2) is 11.4 Å². The standard InChI is InChI=1S/C12H21NO/c1-4-7-8-10(5-2)9-12(6-3)11(14)13-12/h6,10H,3-5,7-9H2,1-2H3,(H,13,14). The summed E-state index contributed by atoms with van der Waals surface area (Å²) in [6.45, 7) is 8.13. The van der Waals surface area contributed by atoms with E-state index in [0.717, 1.165) is 12.8 Å². The Morgan fingerprint density at radius 2 is 2.21 bits per heavy atom. The quantitative estimate of drug-likeness (QED) is 0.492. The van der Waals surface area contributed by atoms with Gasteiger partial charge in [0.05, 0.1) is 0 Å². The fraction of sp³-hybridized carbons (Fsp3) is 0.750. The van der Waals surface area contributed by atoms with E-state index >= 15 is 0 Å². The third-order valence-corrected chi connectivity index (χ3v) is 3.18. The van der Waals surface area contributed by atoms with Gasteiger partial charge in [0.1, 0.15) is 5.54 Å². The maximum Gasteiger partial charge on any atom is 0.250 e. The van der Waals surface area contributed by atoms with Crippen molar-refractivity contribution in [2.45, 2.75) is 51.5 Å². The first-order valence-electron chi connectivity index (χ1n) is 5.64. The van der Waals surface area contributed by atoms with E-state index in [1.54, 1.807) is 6.08 Å². The van der Waals surface area contributed by atoms with E-state index < -0.39 is 0 Å². The summed E-state index contributed by atoms with van der Waals surface area (Å²) in [5.41, 5.74) is -0.353. The Kier molecular flexibility index (Phi) is 3.73. The van der Waals surface area contributed by atoms with Gasteiger partial charge in [0.15, 0.2) is 0 Å². The molecular weight excluding hydrogens is 174 g/mol. The van der Waals surface area contributed by atoms with Crippen molar-refractivity contribution in [3.8, 4) is 0 Å². The van der Waals surface area contributed by atoms with Crippen LogP contribution in [0.1, 0.15) is 46.0 Å². The average molecular weight is 195 g/mol. The van der Waals surface area contributed by atoms with E-state index in [4.69, 9.17) is 0 Å². The highest BCUT2D eigenvalue weighted by molar-refractivity contribution is 6.04. The molecule has 2 heteroatoms. The van der Waals surface area contributed by atoms with Gasteiger partial charge in [0.25, 0.3) is 5.91 Å². The molecule has 2 unspecified atom stereocenters. The maximum atomic E-state index is 11.2. The Bertz CT molecular complexity index is 224. The monoisotopic (exact) mass is 195 g/mol. The molecule has 1 N–H and O–H groups in total. The van der Waals surface area contributed by atoms with Crippen molar-refractivity contribution in [2.24, 2.45) is 5.92 Å². The summed E-state index contributed by atoms with van der Waals surface area (Å²) in [6, 6.07) is 0. The zero-order chi connectivity index (χ0) is 10.6. The van der Waals surface area contributed by atoms with Gasteiger partial charge in [-0.25, -0.2) is 0 Å². The van der Waals surface area contributed by atoms with Crippen molar-refractivity contribution >= 4 is 5.91 Å². The smallest absolute Gasteiger partial charge is 0.250 e. The maximum absolute atomic E-state index is 11.2. The molecule has 1 aliphatic heterocycles. The van der Waals surface area contributed by atoms with E-state index in [-0.39, 0.29) is 11.4 Å². The third-order valence-electron chi connectivity index (χ3n) is 3.18. The number of unbranched alkanes of at least 4 members (excludes halogenated alkanes) is 1. The zero-order valence-electron chi connectivity index (χ0n) is 9.31. The molecule has 0 aromatic heterocycles. The summed E-state index contributed by atoms with van der Waals surface area (Å²) in [7, 11) is 0. The second kappa shape index (κ2) is 4.63. The van der Waals surface area contributed by atoms with Gasteiger partial charge < -0.3 is 5.32 Å². The summed E-state index contributed by atoms with van der Waals surface area (Å²) in [4.78, 5) is 11.2. The Morgan fingerprint density at radius 3 is 2.57 bits per heavy atom. The second-order valence-corrected chi connectivity index (χ2v) is 4.25. The number of carbonyl (C=O) groups is 1. The zero-order valence-corrected chi connectivity index (χ0v) is 9.31. The number of amides is 1. The minimum absolute atomic E-state index is 0.155. The molecule has 1 fully saturated rings. The molecule has 1 heterocycles. The molecule has 0 aromatic carbocycles. The fourth-order valence-electron chi connectivity index (χ4n) is 1.94. The van der Waals surface area contributed by atoms with Crippen molar-refractivity contribution in [1.82, 2.24) is 5.32 Å². The van der Waals surface area contributed by atoms with Crippen LogP contribution in [0.2, 0.25) is 0 Å². The number of rotatable bonds is 7. The molecule has 0 aromatic rings. The van der Waals surface area contributed by atoms with Crippen LogP contribution >= 0.6 is 0 Å². The first kappa shape index (κ1) is 11.3. The molecule has 0 spiro atoms. The average Bonchev–Trinajstić information content (AvgIpc) is 2.84. The van der Waals surface area contributed by atoms with Crippen LogP contribution in [0.25, 0.3) is 0 Å². The van der Waals surface area contributed by atoms with Gasteiger partial charge in [-0.05, 0) is 12.3 Å². The van der Waals surface area contributed by atoms with E-state index in [9.17, 15) is 4.79 Å². The second-order valence-electron chi connectivity index (χ2n) is 4.25. The SMILES string of the molecule is C=CC1(CC(CC)CCCC)NC1=O. The highest BCUT2D eigenvalue weighted by atomic mass is 16.2. The van der Waals surface area contributed by atoms with Crippen molar-refractivity contribution in [2.75, 3.05) is 0 Å². The van der Waals surface area contributed by atoms with Crippen LogP contribution in [0, 0.1) is 5.92 Å². The topological polar surface area (TPSA) is 39.0 Å². The van der Waals surface area contributed by atoms with E-state index in [1.807, 2.05) is 0 Å². The van der Waals surface area contributed by atoms with Crippen molar-refractivity contribution in [3.63, 3.8) is 0 Å². The molecule has 2 nitrogen and oxygen atoms in total. The number of hydrogen-bond acceptors (Lipinski definition) is 1. The van der Waals surface area contributed by atoms with Crippen LogP contribution in [0.15, 0.2) is 12.7 Å². The van der Waals surface area contributed by atoms with Crippen molar-refractivity contribution in [1.29, 1.82) is 0 Å².